The molecule has 0 aromatic rings. The predicted molar refractivity (Wildman–Crippen MR) is 93.1 cm³/mol. The van der Waals surface area contributed by atoms with Gasteiger partial charge in [-0.1, -0.05) is 46.5 Å². The molecule has 1 unspecified atom stereocenters. The summed E-state index contributed by atoms with van der Waals surface area (Å²) < 4.78 is 9.33. The van der Waals surface area contributed by atoms with Crippen molar-refractivity contribution in [2.24, 2.45) is 5.92 Å². The van der Waals surface area contributed by atoms with E-state index in [2.05, 4.69) is 11.9 Å². The highest BCUT2D eigenvalue weighted by Crippen LogP contribution is 2.40. The van der Waals surface area contributed by atoms with Crippen molar-refractivity contribution in [3.05, 3.63) is 24.3 Å². The normalized spacial score (nSPS) is 33.1. The van der Waals surface area contributed by atoms with Gasteiger partial charge in [0.1, 0.15) is 5.54 Å². The zero-order valence-electron chi connectivity index (χ0n) is 13.7. The number of carbonyl (C=O) groups excluding carboxylic acids is 2. The minimum absolute atomic E-state index is 0.289. The molecule has 1 fully saturated rings. The number of hydrogen-bond donors (Lipinski definition) is 1. The summed E-state index contributed by atoms with van der Waals surface area (Å²) >= 11 is 17.0. The van der Waals surface area contributed by atoms with Gasteiger partial charge in [0.2, 0.25) is 0 Å². The minimum Gasteiger partial charge on any atom is -0.348 e. The van der Waals surface area contributed by atoms with E-state index in [1.54, 1.807) is 13.8 Å². The molecule has 1 N–H and O–H groups in total. The van der Waals surface area contributed by atoms with Crippen LogP contribution in [0.5, 0.6) is 0 Å². The van der Waals surface area contributed by atoms with Crippen molar-refractivity contribution in [3.8, 4) is 0 Å². The maximum Gasteiger partial charge on any atom is 0.273 e. The lowest BCUT2D eigenvalue weighted by Crippen LogP contribution is -2.63. The Morgan fingerprint density at radius 2 is 2.08 bits per heavy atom. The molecular formula is C16H20Cl3NO4. The largest absolute Gasteiger partial charge is 0.348 e. The van der Waals surface area contributed by atoms with Crippen LogP contribution in [0, 0.1) is 5.92 Å². The number of ketones is 1. The molecule has 1 heterocycles. The zero-order chi connectivity index (χ0) is 18.3. The summed E-state index contributed by atoms with van der Waals surface area (Å²) in [4.78, 5) is 25.0. The molecule has 2 rings (SSSR count). The van der Waals surface area contributed by atoms with Crippen molar-refractivity contribution < 1.29 is 19.1 Å². The van der Waals surface area contributed by atoms with Crippen molar-refractivity contribution in [1.82, 2.24) is 5.32 Å². The maximum absolute atomic E-state index is 12.8. The smallest absolute Gasteiger partial charge is 0.273 e. The number of alkyl halides is 3. The molecule has 0 aromatic carbocycles. The highest BCUT2D eigenvalue weighted by atomic mass is 35.6. The van der Waals surface area contributed by atoms with Gasteiger partial charge in [0.15, 0.2) is 11.6 Å². The molecular weight excluding hydrogens is 377 g/mol. The Morgan fingerprint density at radius 3 is 2.54 bits per heavy atom. The number of halogens is 3. The SMILES string of the molecule is C=C[C@]1(NC(=O)C(Cl)(Cl)Cl)C(=O)C=C(C)CC1[C@H]1COC(C)(C)O1. The molecule has 1 amide bonds. The topological polar surface area (TPSA) is 64.6 Å². The summed E-state index contributed by atoms with van der Waals surface area (Å²) in [5.41, 5.74) is -0.548. The summed E-state index contributed by atoms with van der Waals surface area (Å²) in [5.74, 6) is -2.42. The van der Waals surface area contributed by atoms with Crippen LogP contribution in [0.3, 0.4) is 0 Å². The van der Waals surface area contributed by atoms with Crippen molar-refractivity contribution >= 4 is 46.5 Å². The van der Waals surface area contributed by atoms with E-state index in [4.69, 9.17) is 44.3 Å². The van der Waals surface area contributed by atoms with Gasteiger partial charge >= 0.3 is 0 Å². The van der Waals surface area contributed by atoms with Crippen molar-refractivity contribution in [1.29, 1.82) is 0 Å². The second-order valence-electron chi connectivity index (χ2n) is 6.56. The van der Waals surface area contributed by atoms with Crippen molar-refractivity contribution in [2.45, 2.75) is 48.4 Å². The van der Waals surface area contributed by atoms with Gasteiger partial charge in [-0.25, -0.2) is 0 Å². The lowest BCUT2D eigenvalue weighted by atomic mass is 9.70. The number of hydrogen-bond acceptors (Lipinski definition) is 4. The molecule has 8 heteroatoms. The first-order chi connectivity index (χ1) is 10.9. The molecule has 2 aliphatic rings. The van der Waals surface area contributed by atoms with Gasteiger partial charge < -0.3 is 14.8 Å². The summed E-state index contributed by atoms with van der Waals surface area (Å²) in [6.45, 7) is 9.44. The Kier molecular flexibility index (Phi) is 5.44. The second kappa shape index (κ2) is 6.61. The van der Waals surface area contributed by atoms with Gasteiger partial charge in [0.25, 0.3) is 9.70 Å². The molecule has 1 aliphatic carbocycles. The van der Waals surface area contributed by atoms with Crippen LogP contribution in [0.4, 0.5) is 0 Å². The first kappa shape index (κ1) is 19.7. The third kappa shape index (κ3) is 3.81. The van der Waals surface area contributed by atoms with E-state index in [0.29, 0.717) is 6.42 Å². The molecule has 3 atom stereocenters. The van der Waals surface area contributed by atoms with E-state index in [1.807, 2.05) is 6.92 Å². The molecule has 0 bridgehead atoms. The molecule has 0 radical (unpaired) electrons. The maximum atomic E-state index is 12.8. The number of amides is 1. The van der Waals surface area contributed by atoms with Gasteiger partial charge in [0, 0.05) is 5.92 Å². The van der Waals surface area contributed by atoms with Gasteiger partial charge in [-0.3, -0.25) is 9.59 Å². The van der Waals surface area contributed by atoms with E-state index < -0.39 is 33.0 Å². The van der Waals surface area contributed by atoms with Crippen LogP contribution in [-0.4, -0.2) is 39.5 Å². The molecule has 1 saturated heterocycles. The third-order valence-corrected chi connectivity index (χ3v) is 4.81. The Bertz CT molecular complexity index is 597. The van der Waals surface area contributed by atoms with E-state index in [1.165, 1.54) is 12.2 Å². The van der Waals surface area contributed by atoms with Crippen LogP contribution >= 0.6 is 34.8 Å². The third-order valence-electron chi connectivity index (χ3n) is 4.29. The van der Waals surface area contributed by atoms with Crippen LogP contribution in [-0.2, 0) is 19.1 Å². The summed E-state index contributed by atoms with van der Waals surface area (Å²) in [7, 11) is 0. The Balaban J connectivity index is 2.41. The van der Waals surface area contributed by atoms with Gasteiger partial charge in [0.05, 0.1) is 12.7 Å². The highest BCUT2D eigenvalue weighted by molar-refractivity contribution is 6.76. The van der Waals surface area contributed by atoms with Gasteiger partial charge in [-0.15, -0.1) is 6.58 Å². The molecule has 24 heavy (non-hydrogen) atoms. The fraction of sp³-hybridized carbons (Fsp3) is 0.625. The van der Waals surface area contributed by atoms with Crippen LogP contribution in [0.2, 0.25) is 0 Å². The first-order valence-electron chi connectivity index (χ1n) is 7.47. The number of ether oxygens (including phenoxy) is 2. The number of allylic oxidation sites excluding steroid dienone is 1. The van der Waals surface area contributed by atoms with Crippen LogP contribution in [0.1, 0.15) is 27.2 Å². The van der Waals surface area contributed by atoms with Crippen LogP contribution in [0.25, 0.3) is 0 Å². The predicted octanol–water partition coefficient (Wildman–Crippen LogP) is 3.08. The molecule has 0 spiro atoms. The standard InChI is InChI=1S/C16H20Cl3NO4/c1-5-15(20-13(22)16(17,18)19)10(6-9(2)7-12(15)21)11-8-23-14(3,4)24-11/h5,7,10-11H,1,6,8H2,2-4H3,(H,20,22)/t10?,11-,15-/m1/s1. The average Bonchev–Trinajstić information content (AvgIpc) is 2.80. The molecule has 0 aromatic heterocycles. The number of carbonyl (C=O) groups is 2. The zero-order valence-corrected chi connectivity index (χ0v) is 16.0. The van der Waals surface area contributed by atoms with Crippen molar-refractivity contribution in [3.63, 3.8) is 0 Å². The highest BCUT2D eigenvalue weighted by Gasteiger charge is 2.53. The Hall–Kier alpha value is -0.590. The summed E-state index contributed by atoms with van der Waals surface area (Å²) in [6, 6.07) is 0. The van der Waals surface area contributed by atoms with Crippen molar-refractivity contribution in [2.75, 3.05) is 6.61 Å². The lowest BCUT2D eigenvalue weighted by Gasteiger charge is -2.43. The van der Waals surface area contributed by atoms with Gasteiger partial charge in [-0.2, -0.15) is 0 Å². The number of rotatable bonds is 3. The fourth-order valence-electron chi connectivity index (χ4n) is 3.15. The molecule has 1 aliphatic heterocycles. The average molecular weight is 397 g/mol. The molecule has 5 nitrogen and oxygen atoms in total. The number of nitrogens with one attached hydrogen (secondary N) is 1. The molecule has 0 saturated carbocycles. The monoisotopic (exact) mass is 395 g/mol. The lowest BCUT2D eigenvalue weighted by molar-refractivity contribution is -0.151. The van der Waals surface area contributed by atoms with Crippen LogP contribution < -0.4 is 5.32 Å². The van der Waals surface area contributed by atoms with E-state index >= 15 is 0 Å². The summed E-state index contributed by atoms with van der Waals surface area (Å²) in [5, 5.41) is 2.56. The van der Waals surface area contributed by atoms with E-state index in [0.717, 1.165) is 5.57 Å². The first-order valence-corrected chi connectivity index (χ1v) is 8.61. The Labute approximate surface area is 156 Å². The molecule has 134 valence electrons. The Morgan fingerprint density at radius 1 is 1.46 bits per heavy atom. The van der Waals surface area contributed by atoms with Crippen LogP contribution in [0.15, 0.2) is 24.3 Å². The van der Waals surface area contributed by atoms with Gasteiger partial charge in [-0.05, 0) is 33.3 Å². The fourth-order valence-corrected chi connectivity index (χ4v) is 3.29. The summed E-state index contributed by atoms with van der Waals surface area (Å²) in [6.07, 6.45) is 2.95. The van der Waals surface area contributed by atoms with E-state index in [-0.39, 0.29) is 12.4 Å². The second-order valence-corrected chi connectivity index (χ2v) is 8.84. The minimum atomic E-state index is -2.19. The van der Waals surface area contributed by atoms with E-state index in [9.17, 15) is 9.59 Å². The quantitative estimate of drug-likeness (QED) is 0.588.